The van der Waals surface area contributed by atoms with Gasteiger partial charge in [0.25, 0.3) is 17.7 Å². The van der Waals surface area contributed by atoms with E-state index in [4.69, 9.17) is 52.3 Å². The van der Waals surface area contributed by atoms with E-state index in [-0.39, 0.29) is 19.8 Å². The molecule has 0 aliphatic carbocycles. The van der Waals surface area contributed by atoms with E-state index in [1.807, 2.05) is 78.9 Å². The smallest absolute Gasteiger partial charge is 0.283 e. The Labute approximate surface area is 612 Å². The Bertz CT molecular complexity index is 5030. The molecule has 3 fully saturated rings. The van der Waals surface area contributed by atoms with E-state index >= 15 is 0 Å². The topological polar surface area (TPSA) is 262 Å². The molecule has 11 heterocycles. The summed E-state index contributed by atoms with van der Waals surface area (Å²) in [5.41, 5.74) is 8.77. The molecule has 3 unspecified atom stereocenters. The van der Waals surface area contributed by atoms with Gasteiger partial charge < -0.3 is 80.2 Å². The second-order valence-electron chi connectivity index (χ2n) is 27.8. The molecule has 13 aromatic rings. The Kier molecular flexibility index (Phi) is 21.7. The highest BCUT2D eigenvalue weighted by molar-refractivity contribution is 6.31. The predicted molar refractivity (Wildman–Crippen MR) is 400 cm³/mol. The third-order valence-electron chi connectivity index (χ3n) is 20.5. The molecule has 0 radical (unpaired) electrons. The number of hydrogen-bond donors (Lipinski definition) is 3. The highest BCUT2D eigenvalue weighted by Gasteiger charge is 2.31. The van der Waals surface area contributed by atoms with Gasteiger partial charge in [-0.15, -0.1) is 30.6 Å². The maximum atomic E-state index is 10.7. The van der Waals surface area contributed by atoms with Crippen LogP contribution in [0.1, 0.15) is 91.8 Å². The van der Waals surface area contributed by atoms with Crippen molar-refractivity contribution in [3.63, 3.8) is 0 Å². The van der Waals surface area contributed by atoms with Crippen molar-refractivity contribution in [2.24, 2.45) is 0 Å². The van der Waals surface area contributed by atoms with Crippen LogP contribution in [0.25, 0.3) is 78.8 Å². The number of aromatic nitrogens is 7. The summed E-state index contributed by atoms with van der Waals surface area (Å²) in [4.78, 5) is 9.57. The minimum absolute atomic E-state index is 0.205. The van der Waals surface area contributed by atoms with Crippen LogP contribution in [0.3, 0.4) is 0 Å². The van der Waals surface area contributed by atoms with E-state index in [2.05, 4.69) is 135 Å². The summed E-state index contributed by atoms with van der Waals surface area (Å²) in [6, 6.07) is 49.3. The molecule has 4 aliphatic heterocycles. The molecule has 7 aromatic heterocycles. The van der Waals surface area contributed by atoms with Crippen LogP contribution in [0.15, 0.2) is 178 Å². The Morgan fingerprint density at radius 3 is 1.38 bits per heavy atom. The number of aryl methyl sites for hydroxylation is 4. The lowest BCUT2D eigenvalue weighted by Gasteiger charge is -2.38. The maximum Gasteiger partial charge on any atom is 0.283 e. The Balaban J connectivity index is 0.000000126. The number of furan rings is 3. The first-order valence-corrected chi connectivity index (χ1v) is 36.9. The molecule has 3 N–H and O–H groups in total. The van der Waals surface area contributed by atoms with E-state index in [0.717, 1.165) is 118 Å². The quantitative estimate of drug-likeness (QED) is 0.0569. The average Bonchev–Trinajstić information content (AvgIpc) is 1.69. The van der Waals surface area contributed by atoms with Gasteiger partial charge in [0.1, 0.15) is 72.1 Å². The number of para-hydroxylation sites is 2. The number of hydrogen-bond acceptors (Lipinski definition) is 22. The molecule has 24 heteroatoms. The van der Waals surface area contributed by atoms with Gasteiger partial charge in [-0.3, -0.25) is 0 Å². The van der Waals surface area contributed by atoms with Crippen LogP contribution in [-0.2, 0) is 12.8 Å². The van der Waals surface area contributed by atoms with Crippen molar-refractivity contribution in [2.75, 3.05) is 90.2 Å². The van der Waals surface area contributed by atoms with Gasteiger partial charge in [-0.05, 0) is 153 Å². The summed E-state index contributed by atoms with van der Waals surface area (Å²) in [5.74, 6) is 6.44. The average molecular weight is 1440 g/mol. The number of piperidine rings is 3. The second kappa shape index (κ2) is 32.3. The number of likely N-dealkylation sites (tertiary alicyclic amines) is 3. The van der Waals surface area contributed by atoms with E-state index in [0.29, 0.717) is 124 Å². The zero-order valence-electron chi connectivity index (χ0n) is 59.6. The fourth-order valence-electron chi connectivity index (χ4n) is 15.1. The Morgan fingerprint density at radius 2 is 0.914 bits per heavy atom. The molecule has 0 saturated carbocycles. The molecule has 0 bridgehead atoms. The maximum absolute atomic E-state index is 10.7. The van der Waals surface area contributed by atoms with E-state index in [9.17, 15) is 15.3 Å². The molecule has 0 spiro atoms. The van der Waals surface area contributed by atoms with Crippen LogP contribution in [0.2, 0.25) is 5.02 Å². The molecular weight excluding hydrogens is 1350 g/mol. The van der Waals surface area contributed by atoms with Crippen molar-refractivity contribution in [1.29, 1.82) is 0 Å². The molecule has 3 atom stereocenters. The zero-order chi connectivity index (χ0) is 71.9. The summed E-state index contributed by atoms with van der Waals surface area (Å²) in [7, 11) is 0. The number of ether oxygens (including phenoxy) is 3. The lowest BCUT2D eigenvalue weighted by molar-refractivity contribution is 0.0566. The number of aliphatic hydroxyl groups is 3. The number of fused-ring (bicyclic) bond motifs is 5. The van der Waals surface area contributed by atoms with Crippen LogP contribution < -0.4 is 19.1 Å². The fourth-order valence-corrected chi connectivity index (χ4v) is 15.4. The van der Waals surface area contributed by atoms with Gasteiger partial charge in [0, 0.05) is 126 Å². The SMILES string of the molecule is CCc1cc(C2CCN(CC(O)COc3cccc4oc(-c5nnc(C)o5)cc34)CC2)ccc1Cl.Cc1nnc(-c2cc3c(OCC(O)CN4CCC(N5CCc6ccccc65)CC4)cccc3o2)o1.Cc1nnc(-c2cc3c(OCC(O)CN4CCC(n5ccc6ccccc65)CC4)cccc3o2)o1. The zero-order valence-corrected chi connectivity index (χ0v) is 60.3. The van der Waals surface area contributed by atoms with Gasteiger partial charge in [-0.1, -0.05) is 85.3 Å². The number of rotatable bonds is 22. The van der Waals surface area contributed by atoms with Gasteiger partial charge in [-0.2, -0.15) is 0 Å². The van der Waals surface area contributed by atoms with Gasteiger partial charge in [-0.25, -0.2) is 0 Å². The molecule has 546 valence electrons. The normalized spacial score (nSPS) is 16.7. The van der Waals surface area contributed by atoms with Crippen molar-refractivity contribution in [1.82, 2.24) is 49.9 Å². The first kappa shape index (κ1) is 70.8. The highest BCUT2D eigenvalue weighted by atomic mass is 35.5. The van der Waals surface area contributed by atoms with Crippen molar-refractivity contribution >= 4 is 61.1 Å². The first-order chi connectivity index (χ1) is 51.3. The summed E-state index contributed by atoms with van der Waals surface area (Å²) < 4.78 is 54.4. The number of β-amino-alcohol motifs (C(OH)–C–C–N with tert-alkyl or cyclic N) is 3. The van der Waals surface area contributed by atoms with Crippen LogP contribution in [0.4, 0.5) is 5.69 Å². The summed E-state index contributed by atoms with van der Waals surface area (Å²) in [6.07, 6.45) is 9.07. The minimum Gasteiger partial charge on any atom is -0.490 e. The third kappa shape index (κ3) is 16.6. The van der Waals surface area contributed by atoms with E-state index in [1.54, 1.807) is 20.8 Å². The van der Waals surface area contributed by atoms with Crippen LogP contribution in [0, 0.1) is 20.8 Å². The number of halogens is 1. The van der Waals surface area contributed by atoms with Crippen LogP contribution in [0.5, 0.6) is 17.2 Å². The van der Waals surface area contributed by atoms with E-state index < -0.39 is 18.3 Å². The van der Waals surface area contributed by atoms with Crippen LogP contribution in [-0.4, -0.2) is 175 Å². The van der Waals surface area contributed by atoms with Gasteiger partial charge in [0.2, 0.25) is 17.7 Å². The number of aliphatic hydroxyl groups excluding tert-OH is 3. The summed E-state index contributed by atoms with van der Waals surface area (Å²) >= 11 is 6.29. The third-order valence-corrected chi connectivity index (χ3v) is 20.9. The molecule has 6 aromatic carbocycles. The monoisotopic (exact) mass is 1440 g/mol. The van der Waals surface area contributed by atoms with E-state index in [1.165, 1.54) is 33.3 Å². The molecule has 23 nitrogen and oxygen atoms in total. The van der Waals surface area contributed by atoms with Gasteiger partial charge in [0.15, 0.2) is 17.3 Å². The molecule has 4 aliphatic rings. The second-order valence-corrected chi connectivity index (χ2v) is 28.2. The lowest BCUT2D eigenvalue weighted by atomic mass is 9.88. The number of anilines is 1. The van der Waals surface area contributed by atoms with Gasteiger partial charge >= 0.3 is 0 Å². The van der Waals surface area contributed by atoms with Crippen molar-refractivity contribution in [3.8, 4) is 52.2 Å². The Morgan fingerprint density at radius 1 is 0.467 bits per heavy atom. The molecule has 3 saturated heterocycles. The molecular formula is C81H88ClN11O12. The van der Waals surface area contributed by atoms with Crippen LogP contribution >= 0.6 is 11.6 Å². The molecule has 0 amide bonds. The Hall–Kier alpha value is -9.85. The standard InChI is InChI=1S/C27H30ClN3O4.C27H30N4O4.C27H28N4O4/c1-3-18-13-20(7-8-23(18)28)19-9-11-31(12-10-19)15-21(32)16-33-24-5-4-6-25-22(24)14-26(35-25)27-30-29-17(2)34-27;2*1-18-28-29-27(34-18)26-15-22-24(7-4-8-25(22)35-26)33-17-21(32)16-30-12-10-20(11-13-30)31-14-9-19-5-2-3-6-23(19)31/h4-8,13-14,19,21,32H,3,9-12,15-16H2,1-2H3;2-8,15,20-21,32H,9-14,16-17H2,1H3;2-9,14-15,20-21,32H,10-13,16-17H2,1H3. The number of nitrogens with zero attached hydrogens (tertiary/aromatic N) is 11. The predicted octanol–water partition coefficient (Wildman–Crippen LogP) is 14.5. The van der Waals surface area contributed by atoms with Crippen molar-refractivity contribution in [2.45, 2.75) is 115 Å². The lowest BCUT2D eigenvalue weighted by Crippen LogP contribution is -2.47. The van der Waals surface area contributed by atoms with Crippen molar-refractivity contribution in [3.05, 3.63) is 191 Å². The van der Waals surface area contributed by atoms with Gasteiger partial charge in [0.05, 0.1) is 16.2 Å². The minimum atomic E-state index is -0.589. The summed E-state index contributed by atoms with van der Waals surface area (Å²) in [6.45, 7) is 16.7. The highest BCUT2D eigenvalue weighted by Crippen LogP contribution is 2.39. The first-order valence-electron chi connectivity index (χ1n) is 36.5. The number of benzene rings is 6. The summed E-state index contributed by atoms with van der Waals surface area (Å²) in [5, 5.41) is 60.2. The fraction of sp³-hybridized carbons (Fsp3) is 0.383. The van der Waals surface area contributed by atoms with Crippen molar-refractivity contribution < 1.29 is 56.0 Å². The molecule has 105 heavy (non-hydrogen) atoms. The largest absolute Gasteiger partial charge is 0.490 e. The molecule has 17 rings (SSSR count).